The number of ether oxygens (including phenoxy) is 1. The van der Waals surface area contributed by atoms with Gasteiger partial charge in [-0.3, -0.25) is 9.59 Å². The molecule has 1 fully saturated rings. The van der Waals surface area contributed by atoms with Gasteiger partial charge >= 0.3 is 5.97 Å². The molecule has 0 aliphatic heterocycles. The number of aryl methyl sites for hydroxylation is 2. The predicted octanol–water partition coefficient (Wildman–Crippen LogP) is 6.49. The van der Waals surface area contributed by atoms with Crippen molar-refractivity contribution in [3.8, 4) is 11.1 Å². The normalized spacial score (nSPS) is 14.4. The third kappa shape index (κ3) is 9.99. The summed E-state index contributed by atoms with van der Waals surface area (Å²) in [5.74, 6) is 0.917. The van der Waals surface area contributed by atoms with Crippen molar-refractivity contribution in [3.05, 3.63) is 59.2 Å². The maximum absolute atomic E-state index is 13.4. The Bertz CT molecular complexity index is 1110. The number of methoxy groups -OCH3 is 1. The summed E-state index contributed by atoms with van der Waals surface area (Å²) in [6.07, 6.45) is 13.9. The molecule has 3 rings (SSSR count). The summed E-state index contributed by atoms with van der Waals surface area (Å²) in [6.45, 7) is 2.75. The molecule has 0 bridgehead atoms. The highest BCUT2D eigenvalue weighted by Crippen LogP contribution is 2.29. The van der Waals surface area contributed by atoms with Crippen molar-refractivity contribution in [1.29, 1.82) is 0 Å². The summed E-state index contributed by atoms with van der Waals surface area (Å²) < 4.78 is 4.92. The SMILES string of the molecule is COC(=O)[C@H](CCSC)NC(=O)c1ccc(CCC(=O)NCCCCC2CCCCC2)cc1-c1ccccc1C. The van der Waals surface area contributed by atoms with Crippen LogP contribution in [0.15, 0.2) is 42.5 Å². The van der Waals surface area contributed by atoms with Crippen molar-refractivity contribution in [2.75, 3.05) is 25.7 Å². The zero-order chi connectivity index (χ0) is 28.7. The molecule has 1 atom stereocenters. The number of amides is 2. The molecular weight excluding hydrogens is 520 g/mol. The van der Waals surface area contributed by atoms with Crippen LogP contribution in [0.3, 0.4) is 0 Å². The number of unbranched alkanes of at least 4 members (excludes halogenated alkanes) is 1. The third-order valence-corrected chi connectivity index (χ3v) is 8.54. The Balaban J connectivity index is 1.62. The molecule has 2 aromatic rings. The van der Waals surface area contributed by atoms with E-state index in [-0.39, 0.29) is 11.8 Å². The second kappa shape index (κ2) is 17.1. The lowest BCUT2D eigenvalue weighted by molar-refractivity contribution is -0.142. The Labute approximate surface area is 244 Å². The second-order valence-corrected chi connectivity index (χ2v) is 11.9. The summed E-state index contributed by atoms with van der Waals surface area (Å²) >= 11 is 1.61. The average Bonchev–Trinajstić information content (AvgIpc) is 2.98. The van der Waals surface area contributed by atoms with Gasteiger partial charge in [0.15, 0.2) is 0 Å². The topological polar surface area (TPSA) is 84.5 Å². The number of thioether (sulfide) groups is 1. The van der Waals surface area contributed by atoms with Crippen LogP contribution in [0, 0.1) is 12.8 Å². The first-order chi connectivity index (χ1) is 19.4. The maximum Gasteiger partial charge on any atom is 0.328 e. The monoisotopic (exact) mass is 566 g/mol. The van der Waals surface area contributed by atoms with Crippen LogP contribution in [0.25, 0.3) is 11.1 Å². The van der Waals surface area contributed by atoms with Gasteiger partial charge in [-0.2, -0.15) is 11.8 Å². The van der Waals surface area contributed by atoms with Gasteiger partial charge in [0.25, 0.3) is 5.91 Å². The molecule has 2 aromatic carbocycles. The number of hydrogen-bond donors (Lipinski definition) is 2. The maximum atomic E-state index is 13.4. The molecule has 2 N–H and O–H groups in total. The van der Waals surface area contributed by atoms with Gasteiger partial charge in [0.2, 0.25) is 5.91 Å². The Morgan fingerprint density at radius 1 is 1.02 bits per heavy atom. The standard InChI is InChI=1S/C33H46N2O4S/c1-24-11-7-8-15-27(24)29-23-26(16-18-28(29)32(37)35-30(20-22-40-3)33(38)39-2)17-19-31(36)34-21-10-9-14-25-12-5-4-6-13-25/h7-8,11,15-16,18,23,25,30H,4-6,9-10,12-14,17,19-22H2,1-3H3,(H,34,36)(H,35,37)/t30-/m0/s1. The fraction of sp³-hybridized carbons (Fsp3) is 0.545. The zero-order valence-corrected chi connectivity index (χ0v) is 25.2. The van der Waals surface area contributed by atoms with Gasteiger partial charge < -0.3 is 15.4 Å². The van der Waals surface area contributed by atoms with Crippen LogP contribution in [-0.2, 0) is 20.7 Å². The Hall–Kier alpha value is -2.80. The summed E-state index contributed by atoms with van der Waals surface area (Å²) in [6, 6.07) is 12.9. The van der Waals surface area contributed by atoms with E-state index >= 15 is 0 Å². The molecular formula is C33H46N2O4S. The van der Waals surface area contributed by atoms with Crippen molar-refractivity contribution < 1.29 is 19.1 Å². The Morgan fingerprint density at radius 2 is 1.80 bits per heavy atom. The smallest absolute Gasteiger partial charge is 0.328 e. The van der Waals surface area contributed by atoms with E-state index in [1.807, 2.05) is 49.6 Å². The van der Waals surface area contributed by atoms with E-state index in [0.29, 0.717) is 24.8 Å². The highest BCUT2D eigenvalue weighted by molar-refractivity contribution is 7.98. The minimum atomic E-state index is -0.708. The van der Waals surface area contributed by atoms with Crippen LogP contribution < -0.4 is 10.6 Å². The van der Waals surface area contributed by atoms with E-state index < -0.39 is 12.0 Å². The lowest BCUT2D eigenvalue weighted by atomic mass is 9.86. The molecule has 7 heteroatoms. The molecule has 6 nitrogen and oxygen atoms in total. The van der Waals surface area contributed by atoms with Crippen LogP contribution in [-0.4, -0.2) is 49.5 Å². The minimum absolute atomic E-state index is 0.0617. The first-order valence-corrected chi connectivity index (χ1v) is 16.2. The first kappa shape index (κ1) is 31.7. The molecule has 0 aromatic heterocycles. The van der Waals surface area contributed by atoms with Crippen molar-refractivity contribution in [1.82, 2.24) is 10.6 Å². The number of esters is 1. The molecule has 40 heavy (non-hydrogen) atoms. The van der Waals surface area contributed by atoms with Gasteiger partial charge in [0, 0.05) is 18.5 Å². The summed E-state index contributed by atoms with van der Waals surface area (Å²) in [4.78, 5) is 38.2. The molecule has 0 spiro atoms. The highest BCUT2D eigenvalue weighted by Gasteiger charge is 2.24. The van der Waals surface area contributed by atoms with Crippen molar-refractivity contribution in [2.24, 2.45) is 5.92 Å². The van der Waals surface area contributed by atoms with Crippen LogP contribution >= 0.6 is 11.8 Å². The quantitative estimate of drug-likeness (QED) is 0.190. The van der Waals surface area contributed by atoms with Gasteiger partial charge in [-0.1, -0.05) is 81.3 Å². The summed E-state index contributed by atoms with van der Waals surface area (Å²) in [5.41, 5.74) is 4.29. The molecule has 1 saturated carbocycles. The molecule has 218 valence electrons. The Kier molecular flexibility index (Phi) is 13.6. The van der Waals surface area contributed by atoms with Crippen LogP contribution in [0.2, 0.25) is 0 Å². The molecule has 2 amide bonds. The van der Waals surface area contributed by atoms with Crippen LogP contribution in [0.4, 0.5) is 0 Å². The molecule has 0 unspecified atom stereocenters. The number of nitrogens with one attached hydrogen (secondary N) is 2. The lowest BCUT2D eigenvalue weighted by Crippen LogP contribution is -2.42. The molecule has 1 aliphatic rings. The lowest BCUT2D eigenvalue weighted by Gasteiger charge is -2.21. The fourth-order valence-electron chi connectivity index (χ4n) is 5.51. The van der Waals surface area contributed by atoms with E-state index in [1.165, 1.54) is 52.1 Å². The van der Waals surface area contributed by atoms with E-state index in [4.69, 9.17) is 4.74 Å². The molecule has 0 saturated heterocycles. The van der Waals surface area contributed by atoms with Crippen molar-refractivity contribution >= 4 is 29.5 Å². The number of benzene rings is 2. The van der Waals surface area contributed by atoms with E-state index in [1.54, 1.807) is 17.8 Å². The minimum Gasteiger partial charge on any atom is -0.467 e. The molecule has 1 aliphatic carbocycles. The average molecular weight is 567 g/mol. The van der Waals surface area contributed by atoms with Crippen LogP contribution in [0.5, 0.6) is 0 Å². The van der Waals surface area contributed by atoms with Gasteiger partial charge in [-0.15, -0.1) is 0 Å². The second-order valence-electron chi connectivity index (χ2n) is 10.9. The summed E-state index contributed by atoms with van der Waals surface area (Å²) in [5, 5.41) is 5.96. The summed E-state index contributed by atoms with van der Waals surface area (Å²) in [7, 11) is 1.34. The highest BCUT2D eigenvalue weighted by atomic mass is 32.2. The van der Waals surface area contributed by atoms with E-state index in [9.17, 15) is 14.4 Å². The van der Waals surface area contributed by atoms with Crippen LogP contribution in [0.1, 0.15) is 85.7 Å². The van der Waals surface area contributed by atoms with E-state index in [0.717, 1.165) is 46.9 Å². The number of carbonyl (C=O) groups is 3. The van der Waals surface area contributed by atoms with Crippen molar-refractivity contribution in [2.45, 2.75) is 83.6 Å². The number of carbonyl (C=O) groups excluding carboxylic acids is 3. The molecule has 0 radical (unpaired) electrons. The number of hydrogen-bond acceptors (Lipinski definition) is 5. The van der Waals surface area contributed by atoms with Gasteiger partial charge in [0.05, 0.1) is 7.11 Å². The van der Waals surface area contributed by atoms with Crippen molar-refractivity contribution in [3.63, 3.8) is 0 Å². The fourth-order valence-corrected chi connectivity index (χ4v) is 5.99. The molecule has 0 heterocycles. The van der Waals surface area contributed by atoms with E-state index in [2.05, 4.69) is 10.6 Å². The number of rotatable bonds is 15. The van der Waals surface area contributed by atoms with Gasteiger partial charge in [0.1, 0.15) is 6.04 Å². The van der Waals surface area contributed by atoms with Gasteiger partial charge in [-0.05, 0) is 72.4 Å². The zero-order valence-electron chi connectivity index (χ0n) is 24.4. The third-order valence-electron chi connectivity index (χ3n) is 7.89. The predicted molar refractivity (Wildman–Crippen MR) is 165 cm³/mol. The Morgan fingerprint density at radius 3 is 2.52 bits per heavy atom. The first-order valence-electron chi connectivity index (χ1n) is 14.8. The largest absolute Gasteiger partial charge is 0.467 e. The van der Waals surface area contributed by atoms with Gasteiger partial charge in [-0.25, -0.2) is 4.79 Å².